The molecule has 2 rings (SSSR count). The molecule has 0 aliphatic carbocycles. The van der Waals surface area contributed by atoms with Crippen LogP contribution in [0.4, 0.5) is 5.82 Å². The van der Waals surface area contributed by atoms with Crippen molar-refractivity contribution in [1.82, 2.24) is 10.3 Å². The zero-order valence-electron chi connectivity index (χ0n) is 9.79. The summed E-state index contributed by atoms with van der Waals surface area (Å²) in [5, 5.41) is 6.68. The van der Waals surface area contributed by atoms with Crippen molar-refractivity contribution in [3.63, 3.8) is 0 Å². The van der Waals surface area contributed by atoms with E-state index in [0.717, 1.165) is 31.9 Å². The summed E-state index contributed by atoms with van der Waals surface area (Å²) in [6.45, 7) is 5.21. The summed E-state index contributed by atoms with van der Waals surface area (Å²) in [6, 6.07) is 4.09. The SMILES string of the molecule is Cc1ccnc(NCCC2=CCNCC2)c1. The van der Waals surface area contributed by atoms with Crippen molar-refractivity contribution >= 4 is 5.82 Å². The number of aryl methyl sites for hydroxylation is 1. The molecule has 1 aromatic heterocycles. The third kappa shape index (κ3) is 3.35. The number of anilines is 1. The first-order chi connectivity index (χ1) is 7.84. The summed E-state index contributed by atoms with van der Waals surface area (Å²) in [7, 11) is 0. The Morgan fingerprint density at radius 3 is 3.19 bits per heavy atom. The van der Waals surface area contributed by atoms with Gasteiger partial charge in [-0.15, -0.1) is 0 Å². The molecule has 0 saturated heterocycles. The number of aromatic nitrogens is 1. The summed E-state index contributed by atoms with van der Waals surface area (Å²) in [6.07, 6.45) is 6.45. The number of nitrogens with one attached hydrogen (secondary N) is 2. The van der Waals surface area contributed by atoms with Gasteiger partial charge >= 0.3 is 0 Å². The highest BCUT2D eigenvalue weighted by Gasteiger charge is 2.02. The summed E-state index contributed by atoms with van der Waals surface area (Å²) < 4.78 is 0. The lowest BCUT2D eigenvalue weighted by molar-refractivity contribution is 0.683. The molecule has 0 radical (unpaired) electrons. The monoisotopic (exact) mass is 217 g/mol. The van der Waals surface area contributed by atoms with Gasteiger partial charge in [-0.2, -0.15) is 0 Å². The Morgan fingerprint density at radius 1 is 1.50 bits per heavy atom. The van der Waals surface area contributed by atoms with Crippen LogP contribution >= 0.6 is 0 Å². The number of rotatable bonds is 4. The quantitative estimate of drug-likeness (QED) is 0.758. The van der Waals surface area contributed by atoms with Gasteiger partial charge in [-0.3, -0.25) is 0 Å². The van der Waals surface area contributed by atoms with Crippen molar-refractivity contribution in [2.45, 2.75) is 19.8 Å². The molecule has 0 aromatic carbocycles. The Morgan fingerprint density at radius 2 is 2.44 bits per heavy atom. The second-order valence-corrected chi connectivity index (χ2v) is 4.21. The molecule has 0 fully saturated rings. The van der Waals surface area contributed by atoms with E-state index >= 15 is 0 Å². The van der Waals surface area contributed by atoms with Crippen LogP contribution in [0.3, 0.4) is 0 Å². The molecule has 0 spiro atoms. The Hall–Kier alpha value is -1.35. The Balaban J connectivity index is 1.77. The van der Waals surface area contributed by atoms with Crippen LogP contribution in [0.1, 0.15) is 18.4 Å². The predicted octanol–water partition coefficient (Wildman–Crippen LogP) is 2.11. The van der Waals surface area contributed by atoms with Crippen molar-refractivity contribution in [2.75, 3.05) is 25.0 Å². The Kier molecular flexibility index (Phi) is 3.94. The van der Waals surface area contributed by atoms with Crippen LogP contribution in [0.5, 0.6) is 0 Å². The lowest BCUT2D eigenvalue weighted by atomic mass is 10.1. The van der Waals surface area contributed by atoms with E-state index in [0.29, 0.717) is 0 Å². The maximum atomic E-state index is 4.28. The van der Waals surface area contributed by atoms with Gasteiger partial charge in [-0.1, -0.05) is 11.6 Å². The van der Waals surface area contributed by atoms with E-state index in [9.17, 15) is 0 Å². The number of pyridine rings is 1. The molecule has 0 atom stereocenters. The average Bonchev–Trinajstić information content (AvgIpc) is 2.30. The molecule has 3 nitrogen and oxygen atoms in total. The van der Waals surface area contributed by atoms with Crippen LogP contribution in [0.15, 0.2) is 30.0 Å². The van der Waals surface area contributed by atoms with Gasteiger partial charge in [0.15, 0.2) is 0 Å². The van der Waals surface area contributed by atoms with Gasteiger partial charge in [0.05, 0.1) is 0 Å². The van der Waals surface area contributed by atoms with E-state index in [1.54, 1.807) is 5.57 Å². The molecule has 3 heteroatoms. The zero-order valence-corrected chi connectivity index (χ0v) is 9.79. The third-order valence-electron chi connectivity index (χ3n) is 2.83. The predicted molar refractivity (Wildman–Crippen MR) is 67.7 cm³/mol. The van der Waals surface area contributed by atoms with Crippen molar-refractivity contribution in [2.24, 2.45) is 0 Å². The Labute approximate surface area is 97.0 Å². The molecular weight excluding hydrogens is 198 g/mol. The van der Waals surface area contributed by atoms with E-state index < -0.39 is 0 Å². The number of nitrogens with zero attached hydrogens (tertiary/aromatic N) is 1. The molecule has 86 valence electrons. The van der Waals surface area contributed by atoms with Crippen molar-refractivity contribution < 1.29 is 0 Å². The molecule has 0 bridgehead atoms. The molecule has 0 saturated carbocycles. The second-order valence-electron chi connectivity index (χ2n) is 4.21. The summed E-state index contributed by atoms with van der Waals surface area (Å²) >= 11 is 0. The molecule has 0 unspecified atom stereocenters. The molecular formula is C13H19N3. The van der Waals surface area contributed by atoms with Gasteiger partial charge in [0, 0.05) is 19.3 Å². The van der Waals surface area contributed by atoms with E-state index in [1.165, 1.54) is 12.0 Å². The first kappa shape index (κ1) is 11.1. The smallest absolute Gasteiger partial charge is 0.126 e. The van der Waals surface area contributed by atoms with E-state index in [1.807, 2.05) is 12.3 Å². The van der Waals surface area contributed by atoms with Crippen LogP contribution in [0.25, 0.3) is 0 Å². The highest BCUT2D eigenvalue weighted by atomic mass is 15.0. The minimum absolute atomic E-state index is 0.974. The maximum Gasteiger partial charge on any atom is 0.126 e. The topological polar surface area (TPSA) is 37.0 Å². The van der Waals surface area contributed by atoms with Gasteiger partial charge in [-0.05, 0) is 44.0 Å². The minimum Gasteiger partial charge on any atom is -0.370 e. The van der Waals surface area contributed by atoms with Gasteiger partial charge in [0.25, 0.3) is 0 Å². The van der Waals surface area contributed by atoms with Crippen LogP contribution in [0.2, 0.25) is 0 Å². The summed E-state index contributed by atoms with van der Waals surface area (Å²) in [5.41, 5.74) is 2.80. The fourth-order valence-corrected chi connectivity index (χ4v) is 1.88. The van der Waals surface area contributed by atoms with Crippen molar-refractivity contribution in [3.05, 3.63) is 35.5 Å². The number of hydrogen-bond donors (Lipinski definition) is 2. The average molecular weight is 217 g/mol. The normalized spacial score (nSPS) is 15.7. The molecule has 16 heavy (non-hydrogen) atoms. The van der Waals surface area contributed by atoms with Gasteiger partial charge < -0.3 is 10.6 Å². The fraction of sp³-hybridized carbons (Fsp3) is 0.462. The minimum atomic E-state index is 0.974. The largest absolute Gasteiger partial charge is 0.370 e. The highest BCUT2D eigenvalue weighted by molar-refractivity contribution is 5.37. The molecule has 1 aromatic rings. The van der Waals surface area contributed by atoms with Gasteiger partial charge in [0.1, 0.15) is 5.82 Å². The molecule has 1 aliphatic rings. The second kappa shape index (κ2) is 5.66. The van der Waals surface area contributed by atoms with Crippen molar-refractivity contribution in [3.8, 4) is 0 Å². The van der Waals surface area contributed by atoms with E-state index in [4.69, 9.17) is 0 Å². The standard InChI is InChI=1S/C13H19N3/c1-11-2-8-15-13(10-11)16-9-5-12-3-6-14-7-4-12/h2-3,8,10,14H,4-7,9H2,1H3,(H,15,16). The lowest BCUT2D eigenvalue weighted by Crippen LogP contribution is -2.21. The summed E-state index contributed by atoms with van der Waals surface area (Å²) in [5.74, 6) is 0.981. The first-order valence-corrected chi connectivity index (χ1v) is 5.90. The fourth-order valence-electron chi connectivity index (χ4n) is 1.88. The van der Waals surface area contributed by atoms with Crippen LogP contribution < -0.4 is 10.6 Å². The lowest BCUT2D eigenvalue weighted by Gasteiger charge is -2.14. The molecule has 2 N–H and O–H groups in total. The van der Waals surface area contributed by atoms with Crippen LogP contribution in [-0.4, -0.2) is 24.6 Å². The third-order valence-corrected chi connectivity index (χ3v) is 2.83. The molecule has 1 aliphatic heterocycles. The summed E-state index contributed by atoms with van der Waals surface area (Å²) in [4.78, 5) is 4.28. The number of hydrogen-bond acceptors (Lipinski definition) is 3. The van der Waals surface area contributed by atoms with Crippen LogP contribution in [-0.2, 0) is 0 Å². The first-order valence-electron chi connectivity index (χ1n) is 5.90. The van der Waals surface area contributed by atoms with Crippen LogP contribution in [0, 0.1) is 6.92 Å². The van der Waals surface area contributed by atoms with E-state index in [-0.39, 0.29) is 0 Å². The zero-order chi connectivity index (χ0) is 11.2. The van der Waals surface area contributed by atoms with Gasteiger partial charge in [0.2, 0.25) is 0 Å². The van der Waals surface area contributed by atoms with Crippen molar-refractivity contribution in [1.29, 1.82) is 0 Å². The molecule has 0 amide bonds. The van der Waals surface area contributed by atoms with Gasteiger partial charge in [-0.25, -0.2) is 4.98 Å². The maximum absolute atomic E-state index is 4.28. The highest BCUT2D eigenvalue weighted by Crippen LogP contribution is 2.10. The molecule has 2 heterocycles. The Bertz CT molecular complexity index is 371. The van der Waals surface area contributed by atoms with E-state index in [2.05, 4.69) is 34.7 Å².